The van der Waals surface area contributed by atoms with E-state index < -0.39 is 21.6 Å². The standard InChI is InChI=1S/C20H16F3N3O2S2/c1-12-8-13(20(21,22)23)2-4-15(12)19-16-5-3-14(9-17(16)25-11-26-19)30(27,28)10-18-24-6-7-29-18/h2-5,8-9,11H,6-7,10H2,1H3. The molecule has 0 N–H and O–H groups in total. The predicted octanol–water partition coefficient (Wildman–Crippen LogP) is 4.54. The molecule has 0 unspecified atom stereocenters. The van der Waals surface area contributed by atoms with E-state index in [1.54, 1.807) is 13.0 Å². The van der Waals surface area contributed by atoms with Crippen molar-refractivity contribution in [2.24, 2.45) is 4.99 Å². The van der Waals surface area contributed by atoms with Crippen LogP contribution in [-0.2, 0) is 16.0 Å². The average Bonchev–Trinajstić information content (AvgIpc) is 3.18. The number of hydrogen-bond donors (Lipinski definition) is 0. The molecule has 1 aliphatic rings. The van der Waals surface area contributed by atoms with Crippen LogP contribution in [0.1, 0.15) is 11.1 Å². The largest absolute Gasteiger partial charge is 0.416 e. The number of halogens is 3. The van der Waals surface area contributed by atoms with Crippen LogP contribution in [0.25, 0.3) is 22.2 Å². The van der Waals surface area contributed by atoms with Crippen LogP contribution >= 0.6 is 11.8 Å². The average molecular weight is 451 g/mol. The molecule has 5 nitrogen and oxygen atoms in total. The number of nitrogens with zero attached hydrogens (tertiary/aromatic N) is 3. The highest BCUT2D eigenvalue weighted by Crippen LogP contribution is 2.34. The molecule has 1 aromatic heterocycles. The van der Waals surface area contributed by atoms with Crippen molar-refractivity contribution in [1.29, 1.82) is 0 Å². The third-order valence-electron chi connectivity index (χ3n) is 4.74. The SMILES string of the molecule is Cc1cc(C(F)(F)F)ccc1-c1ncnc2cc(S(=O)(=O)CC3=NCCS3)ccc12. The summed E-state index contributed by atoms with van der Waals surface area (Å²) in [4.78, 5) is 12.7. The number of thioether (sulfide) groups is 1. The fourth-order valence-corrected chi connectivity index (χ4v) is 5.81. The molecule has 2 heterocycles. The first kappa shape index (κ1) is 20.8. The molecule has 30 heavy (non-hydrogen) atoms. The summed E-state index contributed by atoms with van der Waals surface area (Å²) in [5.41, 5.74) is 1.07. The minimum absolute atomic E-state index is 0.124. The van der Waals surface area contributed by atoms with Gasteiger partial charge >= 0.3 is 6.18 Å². The Balaban J connectivity index is 1.75. The second kappa shape index (κ2) is 7.66. The topological polar surface area (TPSA) is 72.3 Å². The van der Waals surface area contributed by atoms with E-state index in [1.807, 2.05) is 0 Å². The molecule has 4 rings (SSSR count). The van der Waals surface area contributed by atoms with Gasteiger partial charge in [0.15, 0.2) is 9.84 Å². The van der Waals surface area contributed by atoms with Crippen LogP contribution in [0, 0.1) is 6.92 Å². The van der Waals surface area contributed by atoms with Gasteiger partial charge in [-0.1, -0.05) is 6.07 Å². The van der Waals surface area contributed by atoms with Crippen LogP contribution in [0.15, 0.2) is 52.6 Å². The van der Waals surface area contributed by atoms with Crippen molar-refractivity contribution in [3.8, 4) is 11.3 Å². The van der Waals surface area contributed by atoms with Crippen molar-refractivity contribution < 1.29 is 21.6 Å². The smallest absolute Gasteiger partial charge is 0.281 e. The van der Waals surface area contributed by atoms with Gasteiger partial charge in [-0.3, -0.25) is 4.99 Å². The zero-order valence-corrected chi connectivity index (χ0v) is 17.4. The maximum absolute atomic E-state index is 13.0. The van der Waals surface area contributed by atoms with Crippen molar-refractivity contribution in [1.82, 2.24) is 9.97 Å². The number of benzene rings is 2. The molecule has 156 valence electrons. The van der Waals surface area contributed by atoms with E-state index in [-0.39, 0.29) is 10.6 Å². The molecule has 0 saturated carbocycles. The van der Waals surface area contributed by atoms with E-state index in [0.29, 0.717) is 39.3 Å². The van der Waals surface area contributed by atoms with Gasteiger partial charge in [0.1, 0.15) is 12.1 Å². The molecule has 0 saturated heterocycles. The van der Waals surface area contributed by atoms with Crippen LogP contribution < -0.4 is 0 Å². The number of alkyl halides is 3. The number of rotatable bonds is 4. The van der Waals surface area contributed by atoms with E-state index in [2.05, 4.69) is 15.0 Å². The van der Waals surface area contributed by atoms with Crippen LogP contribution in [0.2, 0.25) is 0 Å². The number of aryl methyl sites for hydroxylation is 1. The summed E-state index contributed by atoms with van der Waals surface area (Å²) < 4.78 is 64.3. The van der Waals surface area contributed by atoms with Gasteiger partial charge in [0, 0.05) is 23.2 Å². The molecule has 0 radical (unpaired) electrons. The Morgan fingerprint density at radius 1 is 1.10 bits per heavy atom. The molecule has 0 amide bonds. The summed E-state index contributed by atoms with van der Waals surface area (Å²) in [5.74, 6) is 0.630. The van der Waals surface area contributed by atoms with E-state index in [9.17, 15) is 21.6 Å². The van der Waals surface area contributed by atoms with Gasteiger partial charge in [-0.15, -0.1) is 11.8 Å². The zero-order valence-electron chi connectivity index (χ0n) is 15.8. The number of aliphatic imine (C=N–C) groups is 1. The summed E-state index contributed by atoms with van der Waals surface area (Å²) in [6.45, 7) is 2.20. The Hall–Kier alpha value is -2.46. The fourth-order valence-electron chi connectivity index (χ4n) is 3.26. The van der Waals surface area contributed by atoms with Crippen LogP contribution in [-0.4, -0.2) is 41.5 Å². The van der Waals surface area contributed by atoms with Crippen LogP contribution in [0.3, 0.4) is 0 Å². The Labute approximate surface area is 175 Å². The summed E-state index contributed by atoms with van der Waals surface area (Å²) >= 11 is 1.44. The maximum Gasteiger partial charge on any atom is 0.416 e. The Morgan fingerprint density at radius 3 is 2.57 bits per heavy atom. The van der Waals surface area contributed by atoms with Gasteiger partial charge in [-0.2, -0.15) is 13.2 Å². The van der Waals surface area contributed by atoms with E-state index in [4.69, 9.17) is 0 Å². The van der Waals surface area contributed by atoms with Crippen LogP contribution in [0.5, 0.6) is 0 Å². The Bertz CT molecular complexity index is 1270. The monoisotopic (exact) mass is 451 g/mol. The maximum atomic E-state index is 13.0. The third-order valence-corrected chi connectivity index (χ3v) is 7.54. The highest BCUT2D eigenvalue weighted by atomic mass is 32.2. The molecule has 0 spiro atoms. The molecule has 0 atom stereocenters. The molecule has 0 fully saturated rings. The third kappa shape index (κ3) is 4.06. The predicted molar refractivity (Wildman–Crippen MR) is 112 cm³/mol. The van der Waals surface area contributed by atoms with E-state index >= 15 is 0 Å². The van der Waals surface area contributed by atoms with Crippen molar-refractivity contribution in [2.75, 3.05) is 18.1 Å². The van der Waals surface area contributed by atoms with Gasteiger partial charge in [-0.25, -0.2) is 18.4 Å². The molecule has 2 aromatic carbocycles. The molecule has 0 aliphatic carbocycles. The number of aromatic nitrogens is 2. The fraction of sp³-hybridized carbons (Fsp3) is 0.250. The first-order valence-corrected chi connectivity index (χ1v) is 11.6. The van der Waals surface area contributed by atoms with Gasteiger partial charge in [-0.05, 0) is 42.8 Å². The van der Waals surface area contributed by atoms with E-state index in [1.165, 1.54) is 36.3 Å². The molecule has 1 aliphatic heterocycles. The molecular weight excluding hydrogens is 435 g/mol. The lowest BCUT2D eigenvalue weighted by atomic mass is 9.99. The van der Waals surface area contributed by atoms with Crippen molar-refractivity contribution >= 4 is 37.5 Å². The van der Waals surface area contributed by atoms with Gasteiger partial charge < -0.3 is 0 Å². The van der Waals surface area contributed by atoms with Crippen molar-refractivity contribution in [3.05, 3.63) is 53.9 Å². The van der Waals surface area contributed by atoms with Gasteiger partial charge in [0.25, 0.3) is 0 Å². The molecule has 10 heteroatoms. The molecule has 0 bridgehead atoms. The number of fused-ring (bicyclic) bond motifs is 1. The zero-order chi connectivity index (χ0) is 21.5. The second-order valence-corrected chi connectivity index (χ2v) is 9.97. The first-order valence-electron chi connectivity index (χ1n) is 8.97. The highest BCUT2D eigenvalue weighted by molar-refractivity contribution is 8.15. The Morgan fingerprint density at radius 2 is 1.90 bits per heavy atom. The van der Waals surface area contributed by atoms with Crippen molar-refractivity contribution in [3.63, 3.8) is 0 Å². The summed E-state index contributed by atoms with van der Waals surface area (Å²) in [7, 11) is -3.58. The lowest BCUT2D eigenvalue weighted by molar-refractivity contribution is -0.137. The first-order chi connectivity index (χ1) is 14.1. The lowest BCUT2D eigenvalue weighted by Gasteiger charge is -2.12. The lowest BCUT2D eigenvalue weighted by Crippen LogP contribution is -2.12. The minimum Gasteiger partial charge on any atom is -0.281 e. The summed E-state index contributed by atoms with van der Waals surface area (Å²) in [6, 6.07) is 8.00. The summed E-state index contributed by atoms with van der Waals surface area (Å²) in [6.07, 6.45) is -3.15. The number of hydrogen-bond acceptors (Lipinski definition) is 6. The minimum atomic E-state index is -4.43. The highest BCUT2D eigenvalue weighted by Gasteiger charge is 2.31. The number of sulfone groups is 1. The van der Waals surface area contributed by atoms with Gasteiger partial charge in [0.05, 0.1) is 26.7 Å². The molecule has 3 aromatic rings. The summed E-state index contributed by atoms with van der Waals surface area (Å²) in [5, 5.41) is 1.16. The van der Waals surface area contributed by atoms with Crippen molar-refractivity contribution in [2.45, 2.75) is 18.0 Å². The quantitative estimate of drug-likeness (QED) is 0.582. The second-order valence-electron chi connectivity index (χ2n) is 6.81. The Kier molecular flexibility index (Phi) is 5.31. The molecular formula is C20H16F3N3O2S2. The van der Waals surface area contributed by atoms with Gasteiger partial charge in [0.2, 0.25) is 0 Å². The normalized spacial score (nSPS) is 14.9. The van der Waals surface area contributed by atoms with E-state index in [0.717, 1.165) is 17.9 Å². The van der Waals surface area contributed by atoms with Crippen LogP contribution in [0.4, 0.5) is 13.2 Å².